The first-order chi connectivity index (χ1) is 9.22. The summed E-state index contributed by atoms with van der Waals surface area (Å²) in [5.74, 6) is -0.235. The van der Waals surface area contributed by atoms with Crippen LogP contribution in [-0.2, 0) is 9.53 Å². The second kappa shape index (κ2) is 6.36. The number of nitrogens with zero attached hydrogens (tertiary/aromatic N) is 1. The van der Waals surface area contributed by atoms with Gasteiger partial charge < -0.3 is 9.64 Å². The van der Waals surface area contributed by atoms with E-state index in [4.69, 9.17) is 4.74 Å². The molecule has 0 radical (unpaired) electrons. The van der Waals surface area contributed by atoms with Crippen LogP contribution in [0.4, 0.5) is 0 Å². The molecule has 1 aliphatic carbocycles. The first-order valence-corrected chi connectivity index (χ1v) is 6.74. The predicted octanol–water partition coefficient (Wildman–Crippen LogP) is 2.24. The van der Waals surface area contributed by atoms with Crippen molar-refractivity contribution >= 4 is 11.9 Å². The lowest BCUT2D eigenvalue weighted by Crippen LogP contribution is -2.35. The predicted molar refractivity (Wildman–Crippen MR) is 71.8 cm³/mol. The van der Waals surface area contributed by atoms with Gasteiger partial charge in [-0.15, -0.1) is 0 Å². The number of hydrogen-bond donors (Lipinski definition) is 0. The normalized spacial score (nSPS) is 13.9. The molecule has 4 nitrogen and oxygen atoms in total. The number of carbonyl (C=O) groups excluding carboxylic acids is 2. The van der Waals surface area contributed by atoms with Crippen molar-refractivity contribution in [3.8, 4) is 0 Å². The summed E-state index contributed by atoms with van der Waals surface area (Å²) in [6, 6.07) is 9.50. The second-order valence-electron chi connectivity index (χ2n) is 4.65. The number of hydrogen-bond acceptors (Lipinski definition) is 3. The molecule has 0 spiro atoms. The minimum atomic E-state index is -0.242. The Morgan fingerprint density at radius 3 is 2.53 bits per heavy atom. The van der Waals surface area contributed by atoms with Crippen molar-refractivity contribution in [1.29, 1.82) is 0 Å². The zero-order chi connectivity index (χ0) is 13.7. The van der Waals surface area contributed by atoms with Gasteiger partial charge in [0.05, 0.1) is 13.0 Å². The number of carbonyl (C=O) groups is 2. The van der Waals surface area contributed by atoms with Gasteiger partial charge >= 0.3 is 5.97 Å². The Bertz CT molecular complexity index is 440. The third kappa shape index (κ3) is 3.81. The number of esters is 1. The lowest BCUT2D eigenvalue weighted by Gasteiger charge is -2.22. The largest absolute Gasteiger partial charge is 0.466 e. The molecule has 0 bridgehead atoms. The van der Waals surface area contributed by atoms with E-state index in [9.17, 15) is 9.59 Å². The van der Waals surface area contributed by atoms with E-state index in [1.807, 2.05) is 30.3 Å². The third-order valence-corrected chi connectivity index (χ3v) is 3.13. The van der Waals surface area contributed by atoms with Crippen LogP contribution in [-0.4, -0.2) is 36.0 Å². The van der Waals surface area contributed by atoms with E-state index in [-0.39, 0.29) is 18.3 Å². The highest BCUT2D eigenvalue weighted by Gasteiger charge is 2.33. The lowest BCUT2D eigenvalue weighted by molar-refractivity contribution is -0.143. The highest BCUT2D eigenvalue weighted by atomic mass is 16.5. The van der Waals surface area contributed by atoms with Crippen molar-refractivity contribution < 1.29 is 14.3 Å². The topological polar surface area (TPSA) is 46.6 Å². The van der Waals surface area contributed by atoms with Gasteiger partial charge in [0, 0.05) is 18.2 Å². The lowest BCUT2D eigenvalue weighted by atomic mass is 10.2. The van der Waals surface area contributed by atoms with Crippen molar-refractivity contribution in [2.75, 3.05) is 13.2 Å². The van der Waals surface area contributed by atoms with Crippen molar-refractivity contribution in [3.63, 3.8) is 0 Å². The zero-order valence-corrected chi connectivity index (χ0v) is 11.2. The molecule has 1 aliphatic rings. The summed E-state index contributed by atoms with van der Waals surface area (Å²) in [7, 11) is 0. The van der Waals surface area contributed by atoms with Crippen LogP contribution in [0.2, 0.25) is 0 Å². The van der Waals surface area contributed by atoms with Gasteiger partial charge in [0.25, 0.3) is 5.91 Å². The Labute approximate surface area is 113 Å². The second-order valence-corrected chi connectivity index (χ2v) is 4.65. The molecule has 0 aromatic heterocycles. The smallest absolute Gasteiger partial charge is 0.307 e. The fourth-order valence-corrected chi connectivity index (χ4v) is 2.03. The van der Waals surface area contributed by atoms with Gasteiger partial charge in [-0.25, -0.2) is 0 Å². The molecule has 0 atom stereocenters. The Hall–Kier alpha value is -1.84. The Kier molecular flexibility index (Phi) is 4.55. The summed E-state index contributed by atoms with van der Waals surface area (Å²) in [5, 5.41) is 0. The molecular formula is C15H19NO3. The quantitative estimate of drug-likeness (QED) is 0.738. The molecule has 4 heteroatoms. The van der Waals surface area contributed by atoms with Crippen LogP contribution in [0.25, 0.3) is 0 Å². The van der Waals surface area contributed by atoms with E-state index in [0.29, 0.717) is 24.8 Å². The van der Waals surface area contributed by atoms with E-state index in [1.54, 1.807) is 11.8 Å². The molecule has 1 aromatic carbocycles. The Morgan fingerprint density at radius 2 is 1.95 bits per heavy atom. The standard InChI is InChI=1S/C15H19NO3/c1-2-19-14(17)10-11-16(13-8-9-13)15(18)12-6-4-3-5-7-12/h3-7,13H,2,8-11H2,1H3. The van der Waals surface area contributed by atoms with Gasteiger partial charge in [0.1, 0.15) is 0 Å². The van der Waals surface area contributed by atoms with Crippen LogP contribution < -0.4 is 0 Å². The summed E-state index contributed by atoms with van der Waals surface area (Å²) < 4.78 is 4.90. The van der Waals surface area contributed by atoms with Gasteiger partial charge in [0.2, 0.25) is 0 Å². The van der Waals surface area contributed by atoms with Gasteiger partial charge in [-0.2, -0.15) is 0 Å². The monoisotopic (exact) mass is 261 g/mol. The SMILES string of the molecule is CCOC(=O)CCN(C(=O)c1ccccc1)C1CC1. The van der Waals surface area contributed by atoms with Crippen LogP contribution in [0.5, 0.6) is 0 Å². The molecule has 2 rings (SSSR count). The Balaban J connectivity index is 1.96. The van der Waals surface area contributed by atoms with Crippen molar-refractivity contribution in [2.24, 2.45) is 0 Å². The first-order valence-electron chi connectivity index (χ1n) is 6.74. The molecule has 102 valence electrons. The zero-order valence-electron chi connectivity index (χ0n) is 11.2. The first kappa shape index (κ1) is 13.6. The van der Waals surface area contributed by atoms with Crippen molar-refractivity contribution in [3.05, 3.63) is 35.9 Å². The molecule has 1 fully saturated rings. The Morgan fingerprint density at radius 1 is 1.26 bits per heavy atom. The molecule has 1 saturated carbocycles. The van der Waals surface area contributed by atoms with Crippen molar-refractivity contribution in [2.45, 2.75) is 32.2 Å². The fraction of sp³-hybridized carbons (Fsp3) is 0.467. The van der Waals surface area contributed by atoms with Gasteiger partial charge in [-0.1, -0.05) is 18.2 Å². The minimum absolute atomic E-state index is 0.00685. The maximum atomic E-state index is 12.4. The van der Waals surface area contributed by atoms with E-state index < -0.39 is 0 Å². The highest BCUT2D eigenvalue weighted by Crippen LogP contribution is 2.28. The highest BCUT2D eigenvalue weighted by molar-refractivity contribution is 5.94. The number of benzene rings is 1. The number of amides is 1. The summed E-state index contributed by atoms with van der Waals surface area (Å²) in [6.07, 6.45) is 2.33. The molecule has 0 N–H and O–H groups in total. The van der Waals surface area contributed by atoms with Crippen LogP contribution in [0.1, 0.15) is 36.5 Å². The molecule has 0 saturated heterocycles. The fourth-order valence-electron chi connectivity index (χ4n) is 2.03. The summed E-state index contributed by atoms with van der Waals surface area (Å²) >= 11 is 0. The molecule has 0 aliphatic heterocycles. The maximum Gasteiger partial charge on any atom is 0.307 e. The summed E-state index contributed by atoms with van der Waals surface area (Å²) in [6.45, 7) is 2.61. The van der Waals surface area contributed by atoms with Crippen LogP contribution in [0.15, 0.2) is 30.3 Å². The molecule has 1 amide bonds. The maximum absolute atomic E-state index is 12.4. The third-order valence-electron chi connectivity index (χ3n) is 3.13. The minimum Gasteiger partial charge on any atom is -0.466 e. The average Bonchev–Trinajstić information content (AvgIpc) is 3.25. The summed E-state index contributed by atoms with van der Waals surface area (Å²) in [5.41, 5.74) is 0.679. The van der Waals surface area contributed by atoms with Crippen LogP contribution in [0, 0.1) is 0 Å². The van der Waals surface area contributed by atoms with E-state index in [2.05, 4.69) is 0 Å². The van der Waals surface area contributed by atoms with Gasteiger partial charge in [-0.05, 0) is 31.9 Å². The van der Waals surface area contributed by atoms with Gasteiger partial charge in [0.15, 0.2) is 0 Å². The number of rotatable bonds is 6. The molecule has 0 heterocycles. The van der Waals surface area contributed by atoms with Crippen LogP contribution >= 0.6 is 0 Å². The molecule has 1 aromatic rings. The van der Waals surface area contributed by atoms with Gasteiger partial charge in [-0.3, -0.25) is 9.59 Å². The molecule has 0 unspecified atom stereocenters. The van der Waals surface area contributed by atoms with Crippen LogP contribution in [0.3, 0.4) is 0 Å². The summed E-state index contributed by atoms with van der Waals surface area (Å²) in [4.78, 5) is 25.6. The average molecular weight is 261 g/mol. The molecular weight excluding hydrogens is 242 g/mol. The number of ether oxygens (including phenoxy) is 1. The van der Waals surface area contributed by atoms with E-state index >= 15 is 0 Å². The van der Waals surface area contributed by atoms with E-state index in [1.165, 1.54) is 0 Å². The van der Waals surface area contributed by atoms with E-state index in [0.717, 1.165) is 12.8 Å². The van der Waals surface area contributed by atoms with Crippen molar-refractivity contribution in [1.82, 2.24) is 4.90 Å². The molecule has 19 heavy (non-hydrogen) atoms.